The van der Waals surface area contributed by atoms with Crippen molar-refractivity contribution in [1.29, 1.82) is 0 Å². The second-order valence-corrected chi connectivity index (χ2v) is 4.85. The molecule has 2 nitrogen and oxygen atoms in total. The van der Waals surface area contributed by atoms with Crippen molar-refractivity contribution in [1.82, 2.24) is 0 Å². The molecule has 0 spiro atoms. The van der Waals surface area contributed by atoms with Gasteiger partial charge in [-0.3, -0.25) is 0 Å². The zero-order valence-electron chi connectivity index (χ0n) is 6.09. The van der Waals surface area contributed by atoms with Gasteiger partial charge in [-0.15, -0.1) is 0 Å². The first-order valence-electron chi connectivity index (χ1n) is 3.42. The van der Waals surface area contributed by atoms with Gasteiger partial charge in [0, 0.05) is 14.2 Å². The molecule has 0 aromatic heterocycles. The molecule has 0 heterocycles. The van der Waals surface area contributed by atoms with Crippen LogP contribution >= 0.6 is 0 Å². The average Bonchev–Trinajstić information content (AvgIpc) is 2.66. The lowest BCUT2D eigenvalue weighted by Crippen LogP contribution is -2.18. The summed E-state index contributed by atoms with van der Waals surface area (Å²) >= 11 is 0. The molecule has 0 atom stereocenters. The van der Waals surface area contributed by atoms with Gasteiger partial charge in [-0.1, -0.05) is 12.8 Å². The lowest BCUT2D eigenvalue weighted by molar-refractivity contribution is 0.275. The van der Waals surface area contributed by atoms with E-state index in [1.165, 1.54) is 18.9 Å². The van der Waals surface area contributed by atoms with Gasteiger partial charge >= 0.3 is 9.28 Å². The summed E-state index contributed by atoms with van der Waals surface area (Å²) in [5, 5.41) is 0. The molecular formula is C6H14O2Si. The maximum Gasteiger partial charge on any atom is 0.321 e. The Morgan fingerprint density at radius 1 is 1.33 bits per heavy atom. The Morgan fingerprint density at radius 2 is 1.89 bits per heavy atom. The van der Waals surface area contributed by atoms with E-state index in [1.807, 2.05) is 0 Å². The summed E-state index contributed by atoms with van der Waals surface area (Å²) in [6.45, 7) is 0. The van der Waals surface area contributed by atoms with Crippen LogP contribution < -0.4 is 0 Å². The Labute approximate surface area is 58.0 Å². The van der Waals surface area contributed by atoms with Gasteiger partial charge in [0.05, 0.1) is 0 Å². The molecule has 0 aromatic carbocycles. The monoisotopic (exact) mass is 146 g/mol. The van der Waals surface area contributed by atoms with E-state index in [2.05, 4.69) is 0 Å². The van der Waals surface area contributed by atoms with Gasteiger partial charge in [0.25, 0.3) is 0 Å². The number of hydrogen-bond acceptors (Lipinski definition) is 2. The van der Waals surface area contributed by atoms with Gasteiger partial charge in [-0.2, -0.15) is 0 Å². The van der Waals surface area contributed by atoms with Gasteiger partial charge in [-0.25, -0.2) is 0 Å². The molecule has 9 heavy (non-hydrogen) atoms. The summed E-state index contributed by atoms with van der Waals surface area (Å²) in [4.78, 5) is 0. The van der Waals surface area contributed by atoms with E-state index in [0.717, 1.165) is 5.92 Å². The van der Waals surface area contributed by atoms with Crippen molar-refractivity contribution >= 4 is 9.28 Å². The smallest absolute Gasteiger partial charge is 0.321 e. The Balaban J connectivity index is 2.05. The van der Waals surface area contributed by atoms with Crippen molar-refractivity contribution in [2.75, 3.05) is 14.2 Å². The molecule has 0 radical (unpaired) electrons. The summed E-state index contributed by atoms with van der Waals surface area (Å²) < 4.78 is 10.3. The van der Waals surface area contributed by atoms with Crippen molar-refractivity contribution in [3.05, 3.63) is 0 Å². The highest BCUT2D eigenvalue weighted by Gasteiger charge is 2.26. The molecule has 54 valence electrons. The highest BCUT2D eigenvalue weighted by Crippen LogP contribution is 2.34. The second kappa shape index (κ2) is 3.34. The fourth-order valence-corrected chi connectivity index (χ4v) is 2.51. The Bertz CT molecular complexity index is 79.1. The molecule has 0 amide bonds. The summed E-state index contributed by atoms with van der Waals surface area (Å²) in [5.41, 5.74) is 0. The third kappa shape index (κ3) is 2.47. The Morgan fingerprint density at radius 3 is 2.22 bits per heavy atom. The molecule has 0 N–H and O–H groups in total. The SMILES string of the molecule is CO[SiH](CC1CC1)OC. The minimum Gasteiger partial charge on any atom is -0.400 e. The molecule has 0 unspecified atom stereocenters. The second-order valence-electron chi connectivity index (χ2n) is 2.58. The predicted molar refractivity (Wildman–Crippen MR) is 38.7 cm³/mol. The third-order valence-electron chi connectivity index (χ3n) is 1.75. The van der Waals surface area contributed by atoms with Crippen LogP contribution in [0.4, 0.5) is 0 Å². The fraction of sp³-hybridized carbons (Fsp3) is 1.00. The highest BCUT2D eigenvalue weighted by molar-refractivity contribution is 6.44. The van der Waals surface area contributed by atoms with Gasteiger partial charge in [0.15, 0.2) is 0 Å². The van der Waals surface area contributed by atoms with Crippen LogP contribution in [0.1, 0.15) is 12.8 Å². The molecule has 0 saturated heterocycles. The maximum atomic E-state index is 5.17. The van der Waals surface area contributed by atoms with Crippen molar-refractivity contribution in [3.63, 3.8) is 0 Å². The quantitative estimate of drug-likeness (QED) is 0.549. The van der Waals surface area contributed by atoms with E-state index in [0.29, 0.717) is 0 Å². The molecule has 1 aliphatic carbocycles. The van der Waals surface area contributed by atoms with Crippen LogP contribution in [-0.2, 0) is 8.85 Å². The van der Waals surface area contributed by atoms with Crippen molar-refractivity contribution < 1.29 is 8.85 Å². The minimum atomic E-state index is -1.19. The standard InChI is InChI=1S/C6H14O2Si/c1-7-9(8-2)5-6-3-4-6/h6,9H,3-5H2,1-2H3. The van der Waals surface area contributed by atoms with Crippen molar-refractivity contribution in [3.8, 4) is 0 Å². The van der Waals surface area contributed by atoms with E-state index in [-0.39, 0.29) is 0 Å². The van der Waals surface area contributed by atoms with E-state index in [1.54, 1.807) is 14.2 Å². The molecule has 1 rings (SSSR count). The predicted octanol–water partition coefficient (Wildman–Crippen LogP) is 0.910. The van der Waals surface area contributed by atoms with Gasteiger partial charge in [0.2, 0.25) is 0 Å². The fourth-order valence-electron chi connectivity index (χ4n) is 0.914. The normalized spacial score (nSPS) is 19.0. The Hall–Kier alpha value is 0.137. The molecule has 0 aliphatic heterocycles. The molecule has 1 fully saturated rings. The first kappa shape index (κ1) is 7.25. The number of rotatable bonds is 4. The molecule has 3 heteroatoms. The summed E-state index contributed by atoms with van der Waals surface area (Å²) in [6.07, 6.45) is 2.80. The third-order valence-corrected chi connectivity index (χ3v) is 3.85. The first-order valence-corrected chi connectivity index (χ1v) is 5.18. The summed E-state index contributed by atoms with van der Waals surface area (Å²) in [5.74, 6) is 0.946. The maximum absolute atomic E-state index is 5.17. The van der Waals surface area contributed by atoms with Crippen molar-refractivity contribution in [2.45, 2.75) is 18.9 Å². The largest absolute Gasteiger partial charge is 0.400 e. The van der Waals surface area contributed by atoms with E-state index >= 15 is 0 Å². The van der Waals surface area contributed by atoms with Crippen LogP contribution in [0.15, 0.2) is 0 Å². The molecular weight excluding hydrogens is 132 g/mol. The van der Waals surface area contributed by atoms with E-state index in [9.17, 15) is 0 Å². The number of hydrogen-bond donors (Lipinski definition) is 0. The Kier molecular flexibility index (Phi) is 2.69. The lowest BCUT2D eigenvalue weighted by Gasteiger charge is -2.08. The van der Waals surface area contributed by atoms with Crippen LogP contribution in [0.25, 0.3) is 0 Å². The zero-order valence-corrected chi connectivity index (χ0v) is 7.25. The van der Waals surface area contributed by atoms with Gasteiger partial charge in [-0.05, 0) is 12.0 Å². The van der Waals surface area contributed by atoms with Gasteiger partial charge in [0.1, 0.15) is 0 Å². The van der Waals surface area contributed by atoms with E-state index in [4.69, 9.17) is 8.85 Å². The van der Waals surface area contributed by atoms with Crippen LogP contribution in [-0.4, -0.2) is 23.5 Å². The zero-order chi connectivity index (χ0) is 6.69. The summed E-state index contributed by atoms with van der Waals surface area (Å²) in [7, 11) is 2.32. The van der Waals surface area contributed by atoms with Crippen molar-refractivity contribution in [2.24, 2.45) is 5.92 Å². The molecule has 0 aromatic rings. The van der Waals surface area contributed by atoms with Crippen LogP contribution in [0.2, 0.25) is 6.04 Å². The highest BCUT2D eigenvalue weighted by atomic mass is 28.3. The molecule has 1 saturated carbocycles. The topological polar surface area (TPSA) is 18.5 Å². The van der Waals surface area contributed by atoms with E-state index < -0.39 is 9.28 Å². The van der Waals surface area contributed by atoms with Crippen LogP contribution in [0.3, 0.4) is 0 Å². The first-order chi connectivity index (χ1) is 4.36. The summed E-state index contributed by atoms with van der Waals surface area (Å²) in [6, 6.07) is 1.22. The minimum absolute atomic E-state index is 0.946. The molecule has 1 aliphatic rings. The van der Waals surface area contributed by atoms with Crippen LogP contribution in [0.5, 0.6) is 0 Å². The average molecular weight is 146 g/mol. The van der Waals surface area contributed by atoms with Gasteiger partial charge < -0.3 is 8.85 Å². The molecule has 0 bridgehead atoms. The van der Waals surface area contributed by atoms with Crippen LogP contribution in [0, 0.1) is 5.92 Å². The lowest BCUT2D eigenvalue weighted by atomic mass is 10.5.